The van der Waals surface area contributed by atoms with Gasteiger partial charge in [0.25, 0.3) is 0 Å². The number of ether oxygens (including phenoxy) is 1. The Morgan fingerprint density at radius 3 is 2.52 bits per heavy atom. The molecular formula is C18H16ClNO. The second-order valence-electron chi connectivity index (χ2n) is 4.91. The average molecular weight is 298 g/mol. The van der Waals surface area contributed by atoms with E-state index in [0.717, 1.165) is 45.1 Å². The summed E-state index contributed by atoms with van der Waals surface area (Å²) >= 11 is 6.53. The van der Waals surface area contributed by atoms with Crippen LogP contribution in [0.2, 0.25) is 5.02 Å². The number of aromatic nitrogens is 1. The van der Waals surface area contributed by atoms with Crippen LogP contribution >= 0.6 is 11.6 Å². The highest BCUT2D eigenvalue weighted by atomic mass is 35.5. The van der Waals surface area contributed by atoms with E-state index in [1.54, 1.807) is 0 Å². The second-order valence-corrected chi connectivity index (χ2v) is 5.29. The van der Waals surface area contributed by atoms with E-state index >= 15 is 0 Å². The maximum absolute atomic E-state index is 6.53. The van der Waals surface area contributed by atoms with Gasteiger partial charge in [-0.3, -0.25) is 0 Å². The number of rotatable bonds is 3. The lowest BCUT2D eigenvalue weighted by atomic mass is 10.1. The largest absolute Gasteiger partial charge is 0.455 e. The molecule has 1 aromatic heterocycles. The van der Waals surface area contributed by atoms with Gasteiger partial charge in [-0.05, 0) is 37.1 Å². The number of hydrogen-bond acceptors (Lipinski definition) is 2. The van der Waals surface area contributed by atoms with Crippen molar-refractivity contribution in [3.8, 4) is 11.5 Å². The molecule has 0 amide bonds. The second kappa shape index (κ2) is 5.74. The molecule has 3 aromatic rings. The summed E-state index contributed by atoms with van der Waals surface area (Å²) in [7, 11) is 0. The van der Waals surface area contributed by atoms with Crippen LogP contribution in [0.1, 0.15) is 18.2 Å². The third-order valence-corrected chi connectivity index (χ3v) is 3.97. The highest BCUT2D eigenvalue weighted by Crippen LogP contribution is 2.35. The first kappa shape index (κ1) is 13.9. The van der Waals surface area contributed by atoms with Gasteiger partial charge in [-0.2, -0.15) is 0 Å². The zero-order valence-corrected chi connectivity index (χ0v) is 12.8. The van der Waals surface area contributed by atoms with Gasteiger partial charge in [-0.1, -0.05) is 48.9 Å². The first-order valence-corrected chi connectivity index (χ1v) is 7.39. The normalized spacial score (nSPS) is 10.8. The summed E-state index contributed by atoms with van der Waals surface area (Å²) in [4.78, 5) is 4.69. The number of benzene rings is 2. The molecule has 0 aliphatic rings. The number of aryl methyl sites for hydroxylation is 1. The molecule has 0 spiro atoms. The molecular weight excluding hydrogens is 282 g/mol. The number of nitrogens with zero attached hydrogens (tertiary/aromatic N) is 1. The molecule has 0 saturated carbocycles. The molecule has 1 heterocycles. The molecule has 0 radical (unpaired) electrons. The van der Waals surface area contributed by atoms with Gasteiger partial charge < -0.3 is 4.74 Å². The predicted molar refractivity (Wildman–Crippen MR) is 87.4 cm³/mol. The lowest BCUT2D eigenvalue weighted by Crippen LogP contribution is -1.96. The zero-order chi connectivity index (χ0) is 14.8. The monoisotopic (exact) mass is 297 g/mol. The summed E-state index contributed by atoms with van der Waals surface area (Å²) in [6, 6.07) is 15.6. The first-order valence-electron chi connectivity index (χ1n) is 7.01. The average Bonchev–Trinajstić information content (AvgIpc) is 2.50. The number of hydrogen-bond donors (Lipinski definition) is 0. The molecule has 0 aliphatic carbocycles. The van der Waals surface area contributed by atoms with Crippen molar-refractivity contribution in [3.63, 3.8) is 0 Å². The van der Waals surface area contributed by atoms with Crippen LogP contribution in [0.4, 0.5) is 0 Å². The van der Waals surface area contributed by atoms with Gasteiger partial charge in [0.2, 0.25) is 0 Å². The number of para-hydroxylation sites is 2. The van der Waals surface area contributed by atoms with Crippen LogP contribution in [-0.4, -0.2) is 4.98 Å². The van der Waals surface area contributed by atoms with Crippen LogP contribution in [0.3, 0.4) is 0 Å². The highest BCUT2D eigenvalue weighted by Gasteiger charge is 2.13. The van der Waals surface area contributed by atoms with Crippen LogP contribution in [-0.2, 0) is 6.42 Å². The zero-order valence-electron chi connectivity index (χ0n) is 12.1. The topological polar surface area (TPSA) is 22.1 Å². The van der Waals surface area contributed by atoms with E-state index in [9.17, 15) is 0 Å². The third kappa shape index (κ3) is 2.59. The minimum Gasteiger partial charge on any atom is -0.455 e. The third-order valence-electron chi connectivity index (χ3n) is 3.54. The Morgan fingerprint density at radius 1 is 1.05 bits per heavy atom. The fourth-order valence-electron chi connectivity index (χ4n) is 2.48. The molecule has 0 unspecified atom stereocenters. The standard InChI is InChI=1S/C18H16ClNO/c1-3-14-12(2)20-18-15(17(14)19)10-7-11-16(18)21-13-8-5-4-6-9-13/h4-11H,3H2,1-2H3. The molecule has 0 atom stereocenters. The van der Waals surface area contributed by atoms with Crippen molar-refractivity contribution < 1.29 is 4.74 Å². The fraction of sp³-hybridized carbons (Fsp3) is 0.167. The van der Waals surface area contributed by atoms with E-state index in [2.05, 4.69) is 6.92 Å². The summed E-state index contributed by atoms with van der Waals surface area (Å²) < 4.78 is 5.95. The van der Waals surface area contributed by atoms with Gasteiger partial charge in [0.15, 0.2) is 5.75 Å². The van der Waals surface area contributed by atoms with Crippen molar-refractivity contribution >= 4 is 22.5 Å². The molecule has 0 fully saturated rings. The maximum atomic E-state index is 6.53. The predicted octanol–water partition coefficient (Wildman–Crippen LogP) is 5.55. The Labute approximate surface area is 129 Å². The first-order chi connectivity index (χ1) is 10.2. The van der Waals surface area contributed by atoms with E-state index in [0.29, 0.717) is 0 Å². The van der Waals surface area contributed by atoms with Crippen LogP contribution in [0.25, 0.3) is 10.9 Å². The molecule has 106 valence electrons. The van der Waals surface area contributed by atoms with Crippen LogP contribution in [0.15, 0.2) is 48.5 Å². The van der Waals surface area contributed by atoms with Crippen molar-refractivity contribution in [2.24, 2.45) is 0 Å². The summed E-state index contributed by atoms with van der Waals surface area (Å²) in [6.07, 6.45) is 0.872. The van der Waals surface area contributed by atoms with E-state index in [1.807, 2.05) is 55.5 Å². The molecule has 2 nitrogen and oxygen atoms in total. The quantitative estimate of drug-likeness (QED) is 0.632. The van der Waals surface area contributed by atoms with Crippen molar-refractivity contribution in [1.82, 2.24) is 4.98 Å². The van der Waals surface area contributed by atoms with Gasteiger partial charge in [0, 0.05) is 11.1 Å². The van der Waals surface area contributed by atoms with E-state index in [-0.39, 0.29) is 0 Å². The van der Waals surface area contributed by atoms with Crippen molar-refractivity contribution in [1.29, 1.82) is 0 Å². The van der Waals surface area contributed by atoms with Crippen molar-refractivity contribution in [2.45, 2.75) is 20.3 Å². The van der Waals surface area contributed by atoms with Gasteiger partial charge in [0.05, 0.1) is 5.02 Å². The summed E-state index contributed by atoms with van der Waals surface area (Å²) in [5.41, 5.74) is 2.86. The number of fused-ring (bicyclic) bond motifs is 1. The molecule has 2 aromatic carbocycles. The van der Waals surface area contributed by atoms with Crippen molar-refractivity contribution in [2.75, 3.05) is 0 Å². The number of pyridine rings is 1. The molecule has 0 bridgehead atoms. The molecule has 21 heavy (non-hydrogen) atoms. The Bertz CT molecular complexity index is 784. The minimum atomic E-state index is 0.728. The summed E-state index contributed by atoms with van der Waals surface area (Å²) in [5, 5.41) is 1.71. The van der Waals surface area contributed by atoms with E-state index < -0.39 is 0 Å². The Balaban J connectivity index is 2.16. The van der Waals surface area contributed by atoms with E-state index in [4.69, 9.17) is 21.3 Å². The fourth-order valence-corrected chi connectivity index (χ4v) is 2.90. The molecule has 3 heteroatoms. The Kier molecular flexibility index (Phi) is 3.80. The maximum Gasteiger partial charge on any atom is 0.153 e. The van der Waals surface area contributed by atoms with E-state index in [1.165, 1.54) is 0 Å². The van der Waals surface area contributed by atoms with Gasteiger partial charge >= 0.3 is 0 Å². The van der Waals surface area contributed by atoms with Crippen LogP contribution in [0, 0.1) is 6.92 Å². The number of halogens is 1. The van der Waals surface area contributed by atoms with Crippen LogP contribution in [0.5, 0.6) is 11.5 Å². The molecule has 0 N–H and O–H groups in total. The Morgan fingerprint density at radius 2 is 1.81 bits per heavy atom. The van der Waals surface area contributed by atoms with Crippen LogP contribution < -0.4 is 4.74 Å². The smallest absolute Gasteiger partial charge is 0.153 e. The van der Waals surface area contributed by atoms with Gasteiger partial charge in [0.1, 0.15) is 11.3 Å². The highest BCUT2D eigenvalue weighted by molar-refractivity contribution is 6.36. The lowest BCUT2D eigenvalue weighted by molar-refractivity contribution is 0.487. The molecule has 3 rings (SSSR count). The SMILES string of the molecule is CCc1c(C)nc2c(Oc3ccccc3)cccc2c1Cl. The Hall–Kier alpha value is -2.06. The minimum absolute atomic E-state index is 0.728. The van der Waals surface area contributed by atoms with Gasteiger partial charge in [-0.25, -0.2) is 4.98 Å². The summed E-state index contributed by atoms with van der Waals surface area (Å²) in [5.74, 6) is 1.52. The molecule has 0 saturated heterocycles. The van der Waals surface area contributed by atoms with Gasteiger partial charge in [-0.15, -0.1) is 0 Å². The lowest BCUT2D eigenvalue weighted by Gasteiger charge is -2.13. The molecule has 0 aliphatic heterocycles. The van der Waals surface area contributed by atoms with Crippen molar-refractivity contribution in [3.05, 3.63) is 64.8 Å². The summed E-state index contributed by atoms with van der Waals surface area (Å²) in [6.45, 7) is 4.08.